The predicted octanol–water partition coefficient (Wildman–Crippen LogP) is 11.1. The molecule has 0 N–H and O–H groups in total. The molecule has 1 aromatic carbocycles. The van der Waals surface area contributed by atoms with Gasteiger partial charge in [0.1, 0.15) is 0 Å². The molecule has 9 fully saturated rings. The molecule has 7 heteroatoms. The van der Waals surface area contributed by atoms with E-state index in [0.29, 0.717) is 6.10 Å². The number of ether oxygens (including phenoxy) is 1. The van der Waals surface area contributed by atoms with Crippen molar-refractivity contribution in [2.24, 2.45) is 40.9 Å². The third-order valence-corrected chi connectivity index (χ3v) is 18.5. The third-order valence-electron chi connectivity index (χ3n) is 18.5. The van der Waals surface area contributed by atoms with Gasteiger partial charge in [0.15, 0.2) is 0 Å². The number of rotatable bonds is 0. The second-order valence-electron chi connectivity index (χ2n) is 24.0. The van der Waals surface area contributed by atoms with Gasteiger partial charge in [-0.1, -0.05) is 65.7 Å². The Labute approximate surface area is 390 Å². The fourth-order valence-electron chi connectivity index (χ4n) is 14.5. The zero-order chi connectivity index (χ0) is 45.3. The van der Waals surface area contributed by atoms with E-state index in [1.54, 1.807) is 0 Å². The number of likely N-dealkylation sites (tertiary alicyclic amines) is 2. The zero-order valence-corrected chi connectivity index (χ0v) is 43.5. The summed E-state index contributed by atoms with van der Waals surface area (Å²) >= 11 is 0. The molecule has 10 aliphatic rings. The number of nitrogens with zero attached hydrogens (tertiary/aromatic N) is 6. The quantitative estimate of drug-likeness (QED) is 0.256. The van der Waals surface area contributed by atoms with Gasteiger partial charge in [-0.3, -0.25) is 0 Å². The summed E-state index contributed by atoms with van der Waals surface area (Å²) in [6, 6.07) is 13.4. The van der Waals surface area contributed by atoms with Gasteiger partial charge in [0, 0.05) is 62.6 Å². The number of hydrogen-bond acceptors (Lipinski definition) is 7. The number of para-hydroxylation sites is 1. The molecule has 1 aromatic rings. The first-order valence-electron chi connectivity index (χ1n) is 27.0. The first-order valence-corrected chi connectivity index (χ1v) is 27.0. The summed E-state index contributed by atoms with van der Waals surface area (Å²) in [5.41, 5.74) is 3.72. The van der Waals surface area contributed by atoms with Gasteiger partial charge in [-0.05, 0) is 217 Å². The van der Waals surface area contributed by atoms with Crippen molar-refractivity contribution in [3.8, 4) is 0 Å². The molecule has 1 spiro atoms. The molecule has 8 heterocycles. The second-order valence-corrected chi connectivity index (χ2v) is 24.0. The van der Waals surface area contributed by atoms with Gasteiger partial charge in [0.05, 0.1) is 12.7 Å². The van der Waals surface area contributed by atoms with Crippen LogP contribution in [0.3, 0.4) is 0 Å². The van der Waals surface area contributed by atoms with Gasteiger partial charge in [-0.2, -0.15) is 0 Å². The Hall–Kier alpha value is -1.22. The third kappa shape index (κ3) is 14.4. The molecule has 7 saturated heterocycles. The maximum Gasteiger partial charge on any atom is 0.0674 e. The van der Waals surface area contributed by atoms with Gasteiger partial charge >= 0.3 is 0 Å². The monoisotopic (exact) mass is 875 g/mol. The molecule has 10 atom stereocenters. The van der Waals surface area contributed by atoms with Gasteiger partial charge in [0.25, 0.3) is 0 Å². The summed E-state index contributed by atoms with van der Waals surface area (Å²) < 4.78 is 5.31. The van der Waals surface area contributed by atoms with E-state index in [9.17, 15) is 0 Å². The van der Waals surface area contributed by atoms with Crippen LogP contribution in [0.2, 0.25) is 0 Å². The minimum absolute atomic E-state index is 0.439. The number of piperidine rings is 4. The van der Waals surface area contributed by atoms with Crippen LogP contribution in [0.1, 0.15) is 156 Å². The molecule has 4 bridgehead atoms. The van der Waals surface area contributed by atoms with E-state index in [-0.39, 0.29) is 0 Å². The highest BCUT2D eigenvalue weighted by atomic mass is 16.5. The summed E-state index contributed by atoms with van der Waals surface area (Å²) in [6.45, 7) is 22.4. The van der Waals surface area contributed by atoms with E-state index in [0.717, 1.165) is 90.8 Å². The van der Waals surface area contributed by atoms with Gasteiger partial charge in [-0.25, -0.2) is 0 Å². The molecular formula is C56H102N6O. The first-order chi connectivity index (χ1) is 30.1. The number of fused-ring (bicyclic) bond motifs is 6. The highest BCUT2D eigenvalue weighted by Gasteiger charge is 2.43. The average molecular weight is 875 g/mol. The molecule has 11 rings (SSSR count). The SMILES string of the molecule is CC1CC2(CCN(C)CC2)C1.CC1CC2CCC(C1)N2C.C[C@@H]1CCC2CCC1N2C.C[C@@H]1Cc2ccccc2N(C)C1.C[C@H]1CCN(C)C2CCCCC21.C[C@H]1CN(C)CCO1. The van der Waals surface area contributed by atoms with Crippen LogP contribution in [0.4, 0.5) is 5.69 Å². The molecule has 7 nitrogen and oxygen atoms in total. The first kappa shape index (κ1) is 51.2. The lowest BCUT2D eigenvalue weighted by molar-refractivity contribution is -0.00861. The molecule has 6 unspecified atom stereocenters. The van der Waals surface area contributed by atoms with E-state index in [4.69, 9.17) is 4.74 Å². The Morgan fingerprint density at radius 3 is 1.83 bits per heavy atom. The fraction of sp³-hybridized carbons (Fsp3) is 0.893. The van der Waals surface area contributed by atoms with Crippen molar-refractivity contribution >= 4 is 5.69 Å². The van der Waals surface area contributed by atoms with E-state index >= 15 is 0 Å². The highest BCUT2D eigenvalue weighted by Crippen LogP contribution is 2.52. The van der Waals surface area contributed by atoms with E-state index < -0.39 is 0 Å². The molecule has 0 amide bonds. The standard InChI is InChI=1S/C11H15N.C11H21N.C10H19N.2C9H17N.C6H13NO/c1-9-7-10-5-3-4-6-11(10)12(2)8-9;1-9-7-8-12(2)11-6-4-3-5-10(9)11;1-9-7-10(8-9)3-5-11(2)6-4-10;1-7-5-8-3-4-9(6-7)10(8)2;1-7-3-4-8-5-6-9(7)10(8)2;1-6-5-7(2)3-4-8-6/h3-6,9H,7-8H2,1-2H3;9-11H,3-8H2,1-2H3;9H,3-8H2,1-2H3;2*7-9H,3-6H2,1-2H3;6H,3-5H2,1-2H3/t9-;9-,10?,11?;;;7-,8?,9?;6-/m10..10/s1. The summed E-state index contributed by atoms with van der Waals surface area (Å²) in [5, 5.41) is 0. The summed E-state index contributed by atoms with van der Waals surface area (Å²) in [7, 11) is 13.5. The molecule has 8 aliphatic heterocycles. The van der Waals surface area contributed by atoms with Crippen LogP contribution < -0.4 is 4.90 Å². The van der Waals surface area contributed by atoms with Crippen molar-refractivity contribution in [2.45, 2.75) is 193 Å². The van der Waals surface area contributed by atoms with Crippen molar-refractivity contribution in [2.75, 3.05) is 93.1 Å². The van der Waals surface area contributed by atoms with E-state index in [2.05, 4.69) is 137 Å². The maximum absolute atomic E-state index is 5.31. The van der Waals surface area contributed by atoms with Crippen LogP contribution in [0, 0.1) is 40.9 Å². The number of morpholine rings is 1. The minimum atomic E-state index is 0.439. The molecular weight excluding hydrogens is 773 g/mol. The Morgan fingerprint density at radius 2 is 1.21 bits per heavy atom. The Kier molecular flexibility index (Phi) is 19.6. The van der Waals surface area contributed by atoms with Crippen LogP contribution in [-0.4, -0.2) is 149 Å². The topological polar surface area (TPSA) is 28.7 Å². The van der Waals surface area contributed by atoms with Crippen LogP contribution >= 0.6 is 0 Å². The Morgan fingerprint density at radius 1 is 0.556 bits per heavy atom. The van der Waals surface area contributed by atoms with E-state index in [1.807, 2.05) is 0 Å². The average Bonchev–Trinajstić information content (AvgIpc) is 3.61. The molecule has 63 heavy (non-hydrogen) atoms. The maximum atomic E-state index is 5.31. The van der Waals surface area contributed by atoms with Crippen LogP contribution in [0.15, 0.2) is 24.3 Å². The summed E-state index contributed by atoms with van der Waals surface area (Å²) in [4.78, 5) is 14.9. The molecule has 0 radical (unpaired) electrons. The fourth-order valence-corrected chi connectivity index (χ4v) is 14.5. The van der Waals surface area contributed by atoms with E-state index in [1.165, 1.54) is 153 Å². The second kappa shape index (κ2) is 24.2. The van der Waals surface area contributed by atoms with Crippen molar-refractivity contribution in [3.63, 3.8) is 0 Å². The summed E-state index contributed by atoms with van der Waals surface area (Å²) in [5.74, 6) is 5.80. The van der Waals surface area contributed by atoms with Gasteiger partial charge in [-0.15, -0.1) is 0 Å². The Balaban J connectivity index is 0.000000126. The van der Waals surface area contributed by atoms with Crippen molar-refractivity contribution in [3.05, 3.63) is 29.8 Å². The minimum Gasteiger partial charge on any atom is -0.376 e. The molecule has 0 aromatic heterocycles. The van der Waals surface area contributed by atoms with Crippen molar-refractivity contribution < 1.29 is 4.74 Å². The molecule has 2 aliphatic carbocycles. The summed E-state index contributed by atoms with van der Waals surface area (Å²) in [6.07, 6.45) is 26.7. The van der Waals surface area contributed by atoms with Gasteiger partial charge in [0.2, 0.25) is 0 Å². The number of likely N-dealkylation sites (N-methyl/N-ethyl adjacent to an activating group) is 1. The lowest BCUT2D eigenvalue weighted by atomic mass is 9.58. The van der Waals surface area contributed by atoms with Crippen molar-refractivity contribution in [1.82, 2.24) is 24.5 Å². The number of benzene rings is 1. The van der Waals surface area contributed by atoms with Gasteiger partial charge < -0.3 is 34.1 Å². The normalized spacial score (nSPS) is 37.7. The number of hydrogen-bond donors (Lipinski definition) is 0. The highest BCUT2D eigenvalue weighted by molar-refractivity contribution is 5.54. The van der Waals surface area contributed by atoms with Crippen LogP contribution in [0.25, 0.3) is 0 Å². The lowest BCUT2D eigenvalue weighted by Crippen LogP contribution is -2.47. The predicted molar refractivity (Wildman–Crippen MR) is 271 cm³/mol. The zero-order valence-electron chi connectivity index (χ0n) is 43.5. The van der Waals surface area contributed by atoms with Crippen LogP contribution in [0.5, 0.6) is 0 Å². The number of anilines is 1. The largest absolute Gasteiger partial charge is 0.376 e. The molecule has 2 saturated carbocycles. The Bertz CT molecular complexity index is 1420. The van der Waals surface area contributed by atoms with Crippen molar-refractivity contribution in [1.29, 1.82) is 0 Å². The molecule has 362 valence electrons. The van der Waals surface area contributed by atoms with Crippen LogP contribution in [-0.2, 0) is 11.2 Å². The lowest BCUT2D eigenvalue weighted by Gasteiger charge is -2.51. The smallest absolute Gasteiger partial charge is 0.0674 e.